The molecule has 0 bridgehead atoms. The topological polar surface area (TPSA) is 67.8 Å². The molecule has 1 aliphatic rings. The van der Waals surface area contributed by atoms with Crippen LogP contribution in [0.3, 0.4) is 0 Å². The molecular weight excluding hydrogens is 280 g/mol. The van der Waals surface area contributed by atoms with E-state index in [0.717, 1.165) is 30.4 Å². The predicted octanol–water partition coefficient (Wildman–Crippen LogP) is 4.06. The summed E-state index contributed by atoms with van der Waals surface area (Å²) in [5.74, 6) is 0. The quantitative estimate of drug-likeness (QED) is 0.676. The first-order valence-electron chi connectivity index (χ1n) is 7.46. The van der Waals surface area contributed by atoms with Crippen LogP contribution in [0.4, 0.5) is 10.5 Å². The van der Waals surface area contributed by atoms with Gasteiger partial charge in [-0.25, -0.2) is 9.59 Å². The molecule has 0 saturated heterocycles. The molecule has 1 saturated carbocycles. The van der Waals surface area contributed by atoms with Crippen molar-refractivity contribution in [2.45, 2.75) is 58.1 Å². The van der Waals surface area contributed by atoms with Crippen LogP contribution in [0.5, 0.6) is 0 Å². The lowest BCUT2D eigenvalue weighted by Crippen LogP contribution is -2.32. The van der Waals surface area contributed by atoms with Gasteiger partial charge in [0, 0.05) is 5.69 Å². The summed E-state index contributed by atoms with van der Waals surface area (Å²) in [5.41, 5.74) is 1.52. The summed E-state index contributed by atoms with van der Waals surface area (Å²) in [5, 5.41) is 2.77. The smallest absolute Gasteiger partial charge is 0.412 e. The first kappa shape index (κ1) is 16.2. The van der Waals surface area contributed by atoms with Gasteiger partial charge < -0.3 is 4.74 Å². The summed E-state index contributed by atoms with van der Waals surface area (Å²) in [4.78, 5) is 26.6. The van der Waals surface area contributed by atoms with Crippen molar-refractivity contribution in [3.05, 3.63) is 29.3 Å². The first-order valence-corrected chi connectivity index (χ1v) is 7.46. The maximum atomic E-state index is 11.9. The van der Waals surface area contributed by atoms with Gasteiger partial charge in [0.15, 0.2) is 0 Å². The summed E-state index contributed by atoms with van der Waals surface area (Å²) in [6, 6.07) is 5.75. The number of isocyanates is 1. The van der Waals surface area contributed by atoms with Crippen LogP contribution in [0.2, 0.25) is 0 Å². The van der Waals surface area contributed by atoms with Crippen LogP contribution in [0.15, 0.2) is 23.2 Å². The second-order valence-electron chi connectivity index (χ2n) is 6.74. The van der Waals surface area contributed by atoms with Gasteiger partial charge in [0.1, 0.15) is 5.60 Å². The van der Waals surface area contributed by atoms with Crippen LogP contribution in [-0.2, 0) is 15.1 Å². The van der Waals surface area contributed by atoms with Crippen LogP contribution < -0.4 is 5.32 Å². The molecule has 0 aliphatic heterocycles. The number of aryl methyl sites for hydroxylation is 1. The van der Waals surface area contributed by atoms with Gasteiger partial charge in [-0.05, 0) is 64.2 Å². The number of aliphatic imine (C=N–C) groups is 1. The van der Waals surface area contributed by atoms with E-state index in [9.17, 15) is 9.59 Å². The second-order valence-corrected chi connectivity index (χ2v) is 6.74. The highest BCUT2D eigenvalue weighted by Gasteiger charge is 2.39. The van der Waals surface area contributed by atoms with Crippen LogP contribution in [0.1, 0.15) is 51.2 Å². The number of carbonyl (C=O) groups excluding carboxylic acids is 2. The lowest BCUT2D eigenvalue weighted by molar-refractivity contribution is 0.0635. The van der Waals surface area contributed by atoms with Crippen molar-refractivity contribution in [3.8, 4) is 0 Å². The van der Waals surface area contributed by atoms with Crippen molar-refractivity contribution >= 4 is 17.9 Å². The Morgan fingerprint density at radius 2 is 2.05 bits per heavy atom. The van der Waals surface area contributed by atoms with Gasteiger partial charge in [-0.3, -0.25) is 5.32 Å². The molecule has 0 heterocycles. The highest BCUT2D eigenvalue weighted by Crippen LogP contribution is 2.45. The number of ether oxygens (including phenoxy) is 1. The van der Waals surface area contributed by atoms with Crippen LogP contribution in [0, 0.1) is 6.92 Å². The number of amides is 1. The molecule has 0 atom stereocenters. The minimum absolute atomic E-state index is 0.472. The lowest BCUT2D eigenvalue weighted by Gasteiger charge is -2.37. The molecule has 22 heavy (non-hydrogen) atoms. The number of nitrogens with one attached hydrogen (secondary N) is 1. The van der Waals surface area contributed by atoms with E-state index in [1.807, 2.05) is 45.9 Å². The van der Waals surface area contributed by atoms with Gasteiger partial charge >= 0.3 is 6.09 Å². The van der Waals surface area contributed by atoms with Gasteiger partial charge in [0.2, 0.25) is 6.08 Å². The zero-order chi connectivity index (χ0) is 16.4. The number of carbonyl (C=O) groups is 1. The summed E-state index contributed by atoms with van der Waals surface area (Å²) in [6.07, 6.45) is 3.88. The maximum Gasteiger partial charge on any atom is 0.412 e. The molecular formula is C17H22N2O3. The summed E-state index contributed by atoms with van der Waals surface area (Å²) in [7, 11) is 0. The van der Waals surface area contributed by atoms with Crippen LogP contribution >= 0.6 is 0 Å². The molecule has 0 unspecified atom stereocenters. The van der Waals surface area contributed by atoms with E-state index in [1.54, 1.807) is 6.08 Å². The Kier molecular flexibility index (Phi) is 4.38. The Morgan fingerprint density at radius 1 is 1.36 bits per heavy atom. The number of rotatable bonds is 3. The standard InChI is InChI=1S/C17H22N2O3/c1-12-6-7-13(17(18-11-20)8-5-9-17)10-14(12)19-15(21)22-16(2,3)4/h6-7,10H,5,8-9H2,1-4H3,(H,19,21). The number of hydrogen-bond donors (Lipinski definition) is 1. The third kappa shape index (κ3) is 3.55. The van der Waals surface area contributed by atoms with E-state index >= 15 is 0 Å². The van der Waals surface area contributed by atoms with Gasteiger partial charge in [0.25, 0.3) is 0 Å². The Balaban J connectivity index is 2.24. The van der Waals surface area contributed by atoms with E-state index in [2.05, 4.69) is 10.3 Å². The fourth-order valence-corrected chi connectivity index (χ4v) is 2.52. The average Bonchev–Trinajstić information content (AvgIpc) is 2.34. The zero-order valence-electron chi connectivity index (χ0n) is 13.5. The van der Waals surface area contributed by atoms with E-state index in [1.165, 1.54) is 0 Å². The Morgan fingerprint density at radius 3 is 2.55 bits per heavy atom. The summed E-state index contributed by atoms with van der Waals surface area (Å²) >= 11 is 0. The van der Waals surface area contributed by atoms with Crippen molar-refractivity contribution in [1.29, 1.82) is 0 Å². The molecule has 0 spiro atoms. The van der Waals surface area contributed by atoms with Crippen molar-refractivity contribution in [3.63, 3.8) is 0 Å². The van der Waals surface area contributed by atoms with E-state index < -0.39 is 17.2 Å². The number of benzene rings is 1. The molecule has 5 nitrogen and oxygen atoms in total. The minimum Gasteiger partial charge on any atom is -0.444 e. The monoisotopic (exact) mass is 302 g/mol. The van der Waals surface area contributed by atoms with Crippen molar-refractivity contribution in [1.82, 2.24) is 0 Å². The van der Waals surface area contributed by atoms with Crippen LogP contribution in [-0.4, -0.2) is 17.8 Å². The lowest BCUT2D eigenvalue weighted by atomic mass is 9.72. The van der Waals surface area contributed by atoms with E-state index in [0.29, 0.717) is 5.69 Å². The third-order valence-corrected chi connectivity index (χ3v) is 3.85. The molecule has 1 aromatic rings. The highest BCUT2D eigenvalue weighted by molar-refractivity contribution is 5.86. The van der Waals surface area contributed by atoms with E-state index in [4.69, 9.17) is 4.74 Å². The van der Waals surface area contributed by atoms with Crippen molar-refractivity contribution < 1.29 is 14.3 Å². The third-order valence-electron chi connectivity index (χ3n) is 3.85. The molecule has 1 fully saturated rings. The number of anilines is 1. The molecule has 1 aromatic carbocycles. The largest absolute Gasteiger partial charge is 0.444 e. The van der Waals surface area contributed by atoms with Gasteiger partial charge in [-0.15, -0.1) is 0 Å². The zero-order valence-corrected chi connectivity index (χ0v) is 13.5. The summed E-state index contributed by atoms with van der Waals surface area (Å²) in [6.45, 7) is 7.36. The number of hydrogen-bond acceptors (Lipinski definition) is 4. The molecule has 1 aliphatic carbocycles. The van der Waals surface area contributed by atoms with E-state index in [-0.39, 0.29) is 0 Å². The predicted molar refractivity (Wildman–Crippen MR) is 84.7 cm³/mol. The Hall–Kier alpha value is -2.13. The summed E-state index contributed by atoms with van der Waals surface area (Å²) < 4.78 is 5.27. The molecule has 0 radical (unpaired) electrons. The van der Waals surface area contributed by atoms with Gasteiger partial charge in [-0.2, -0.15) is 4.99 Å². The molecule has 0 aromatic heterocycles. The first-order chi connectivity index (χ1) is 10.3. The highest BCUT2D eigenvalue weighted by atomic mass is 16.6. The molecule has 118 valence electrons. The van der Waals surface area contributed by atoms with Crippen LogP contribution in [0.25, 0.3) is 0 Å². The Bertz CT molecular complexity index is 621. The normalized spacial score (nSPS) is 16.2. The SMILES string of the molecule is Cc1ccc(C2(N=C=O)CCC2)cc1NC(=O)OC(C)(C)C. The fourth-order valence-electron chi connectivity index (χ4n) is 2.52. The van der Waals surface area contributed by atoms with Gasteiger partial charge in [-0.1, -0.05) is 12.1 Å². The Labute approximate surface area is 130 Å². The van der Waals surface area contributed by atoms with Crippen molar-refractivity contribution in [2.75, 3.05) is 5.32 Å². The second kappa shape index (κ2) is 5.93. The molecule has 2 rings (SSSR count). The minimum atomic E-state index is -0.549. The number of nitrogens with zero attached hydrogens (tertiary/aromatic N) is 1. The molecule has 1 amide bonds. The van der Waals surface area contributed by atoms with Gasteiger partial charge in [0.05, 0.1) is 5.54 Å². The fraction of sp³-hybridized carbons (Fsp3) is 0.529. The molecule has 5 heteroatoms. The van der Waals surface area contributed by atoms with Crippen molar-refractivity contribution in [2.24, 2.45) is 4.99 Å². The molecule has 1 N–H and O–H groups in total. The maximum absolute atomic E-state index is 11.9. The average molecular weight is 302 g/mol.